The van der Waals surface area contributed by atoms with E-state index in [2.05, 4.69) is 26.1 Å². The van der Waals surface area contributed by atoms with E-state index in [1.54, 1.807) is 12.1 Å². The number of halogens is 1. The van der Waals surface area contributed by atoms with E-state index in [-0.39, 0.29) is 24.1 Å². The Morgan fingerprint density at radius 2 is 1.94 bits per heavy atom. The fraction of sp³-hybridized carbons (Fsp3) is 0.600. The molecular formula is C15H22FNO. The number of hydrogen-bond acceptors (Lipinski definition) is 2. The number of nitrogens with one attached hydrogen (secondary N) is 1. The summed E-state index contributed by atoms with van der Waals surface area (Å²) < 4.78 is 19.2. The Bertz CT molecular complexity index is 409. The van der Waals surface area contributed by atoms with Crippen LogP contribution < -0.4 is 5.32 Å². The maximum absolute atomic E-state index is 13.4. The Kier molecular flexibility index (Phi) is 4.03. The maximum Gasteiger partial charge on any atom is 0.123 e. The van der Waals surface area contributed by atoms with Crippen LogP contribution in [0.3, 0.4) is 0 Å². The van der Waals surface area contributed by atoms with Gasteiger partial charge in [0.15, 0.2) is 0 Å². The molecule has 0 saturated carbocycles. The molecule has 0 aromatic heterocycles. The molecule has 1 aromatic carbocycles. The van der Waals surface area contributed by atoms with E-state index in [1.807, 2.05) is 13.1 Å². The van der Waals surface area contributed by atoms with Gasteiger partial charge in [-0.2, -0.15) is 0 Å². The molecular weight excluding hydrogens is 229 g/mol. The van der Waals surface area contributed by atoms with Crippen molar-refractivity contribution in [3.05, 3.63) is 35.6 Å². The quantitative estimate of drug-likeness (QED) is 0.891. The summed E-state index contributed by atoms with van der Waals surface area (Å²) in [5, 5.41) is 3.32. The van der Waals surface area contributed by atoms with Gasteiger partial charge in [-0.25, -0.2) is 4.39 Å². The van der Waals surface area contributed by atoms with Crippen LogP contribution in [-0.4, -0.2) is 19.3 Å². The van der Waals surface area contributed by atoms with Crippen molar-refractivity contribution in [2.24, 2.45) is 11.8 Å². The van der Waals surface area contributed by atoms with Crippen molar-refractivity contribution >= 4 is 0 Å². The van der Waals surface area contributed by atoms with Crippen molar-refractivity contribution in [1.29, 1.82) is 0 Å². The predicted molar refractivity (Wildman–Crippen MR) is 70.9 cm³/mol. The van der Waals surface area contributed by atoms with Gasteiger partial charge in [0.2, 0.25) is 0 Å². The highest BCUT2D eigenvalue weighted by Gasteiger charge is 2.41. The van der Waals surface area contributed by atoms with E-state index < -0.39 is 0 Å². The Labute approximate surface area is 109 Å². The zero-order chi connectivity index (χ0) is 13.3. The first-order chi connectivity index (χ1) is 8.54. The summed E-state index contributed by atoms with van der Waals surface area (Å²) in [7, 11) is 1.93. The van der Waals surface area contributed by atoms with Gasteiger partial charge in [0.25, 0.3) is 0 Å². The van der Waals surface area contributed by atoms with Crippen LogP contribution in [0, 0.1) is 17.7 Å². The molecule has 1 N–H and O–H groups in total. The number of rotatable bonds is 3. The standard InChI is InChI=1S/C15H22FNO/c1-9-10(2)18-11(3)14(9)15(17-4)12-6-5-7-13(16)8-12/h5-11,14-15,17H,1-4H3. The Hall–Kier alpha value is -0.930. The van der Waals surface area contributed by atoms with Crippen LogP contribution in [0.15, 0.2) is 24.3 Å². The van der Waals surface area contributed by atoms with Crippen LogP contribution in [-0.2, 0) is 4.74 Å². The third kappa shape index (κ3) is 2.43. The van der Waals surface area contributed by atoms with Crippen LogP contribution in [0.4, 0.5) is 4.39 Å². The van der Waals surface area contributed by atoms with Crippen molar-refractivity contribution in [3.8, 4) is 0 Å². The van der Waals surface area contributed by atoms with Crippen molar-refractivity contribution in [3.63, 3.8) is 0 Å². The van der Waals surface area contributed by atoms with Crippen LogP contribution >= 0.6 is 0 Å². The van der Waals surface area contributed by atoms with Gasteiger partial charge in [-0.3, -0.25) is 0 Å². The molecule has 3 heteroatoms. The Balaban J connectivity index is 2.28. The minimum Gasteiger partial charge on any atom is -0.375 e. The highest BCUT2D eigenvalue weighted by atomic mass is 19.1. The molecule has 2 nitrogen and oxygen atoms in total. The molecule has 0 amide bonds. The van der Waals surface area contributed by atoms with Crippen molar-refractivity contribution < 1.29 is 9.13 Å². The maximum atomic E-state index is 13.4. The molecule has 0 radical (unpaired) electrons. The van der Waals surface area contributed by atoms with E-state index in [0.717, 1.165) is 5.56 Å². The van der Waals surface area contributed by atoms with Gasteiger partial charge in [-0.15, -0.1) is 0 Å². The second kappa shape index (κ2) is 5.37. The van der Waals surface area contributed by atoms with Gasteiger partial charge in [0.05, 0.1) is 12.2 Å². The summed E-state index contributed by atoms with van der Waals surface area (Å²) in [4.78, 5) is 0. The molecule has 1 heterocycles. The highest BCUT2D eigenvalue weighted by Crippen LogP contribution is 2.40. The molecule has 0 bridgehead atoms. The average molecular weight is 251 g/mol. The van der Waals surface area contributed by atoms with Crippen LogP contribution in [0.25, 0.3) is 0 Å². The van der Waals surface area contributed by atoms with E-state index in [1.165, 1.54) is 6.07 Å². The SMILES string of the molecule is CNC(c1cccc(F)c1)C1C(C)OC(C)C1C. The zero-order valence-electron chi connectivity index (χ0n) is 11.5. The first-order valence-corrected chi connectivity index (χ1v) is 6.62. The second-order valence-corrected chi connectivity index (χ2v) is 5.30. The molecule has 1 aliphatic rings. The lowest BCUT2D eigenvalue weighted by atomic mass is 9.80. The summed E-state index contributed by atoms with van der Waals surface area (Å²) >= 11 is 0. The molecule has 2 rings (SSSR count). The smallest absolute Gasteiger partial charge is 0.123 e. The summed E-state index contributed by atoms with van der Waals surface area (Å²) in [5.74, 6) is 0.646. The van der Waals surface area contributed by atoms with Gasteiger partial charge in [0, 0.05) is 12.0 Å². The van der Waals surface area contributed by atoms with Crippen molar-refractivity contribution in [2.45, 2.75) is 39.0 Å². The van der Waals surface area contributed by atoms with Crippen molar-refractivity contribution in [1.82, 2.24) is 5.32 Å². The van der Waals surface area contributed by atoms with Gasteiger partial charge in [-0.05, 0) is 44.5 Å². The van der Waals surface area contributed by atoms with Gasteiger partial charge in [-0.1, -0.05) is 19.1 Å². The second-order valence-electron chi connectivity index (χ2n) is 5.30. The summed E-state index contributed by atoms with van der Waals surface area (Å²) in [6.07, 6.45) is 0.449. The largest absolute Gasteiger partial charge is 0.375 e. The Morgan fingerprint density at radius 1 is 1.22 bits per heavy atom. The lowest BCUT2D eigenvalue weighted by molar-refractivity contribution is 0.0478. The number of benzene rings is 1. The van der Waals surface area contributed by atoms with E-state index in [4.69, 9.17) is 4.74 Å². The summed E-state index contributed by atoms with van der Waals surface area (Å²) in [5.41, 5.74) is 0.999. The molecule has 1 saturated heterocycles. The number of hydrogen-bond donors (Lipinski definition) is 1. The molecule has 5 atom stereocenters. The minimum atomic E-state index is -0.181. The summed E-state index contributed by atoms with van der Waals surface area (Å²) in [6.45, 7) is 6.43. The van der Waals surface area contributed by atoms with Gasteiger partial charge in [0.1, 0.15) is 5.82 Å². The van der Waals surface area contributed by atoms with Crippen LogP contribution in [0.5, 0.6) is 0 Å². The van der Waals surface area contributed by atoms with E-state index >= 15 is 0 Å². The van der Waals surface area contributed by atoms with Crippen molar-refractivity contribution in [2.75, 3.05) is 7.05 Å². The molecule has 0 spiro atoms. The van der Waals surface area contributed by atoms with Crippen LogP contribution in [0.1, 0.15) is 32.4 Å². The zero-order valence-corrected chi connectivity index (χ0v) is 11.5. The normalized spacial score (nSPS) is 33.6. The minimum absolute atomic E-state index is 0.135. The molecule has 1 fully saturated rings. The fourth-order valence-electron chi connectivity index (χ4n) is 3.15. The predicted octanol–water partition coefficient (Wildman–Crippen LogP) is 3.15. The highest BCUT2D eigenvalue weighted by molar-refractivity contribution is 5.22. The lowest BCUT2D eigenvalue weighted by Gasteiger charge is -2.29. The van der Waals surface area contributed by atoms with Gasteiger partial charge >= 0.3 is 0 Å². The monoisotopic (exact) mass is 251 g/mol. The molecule has 1 aromatic rings. The topological polar surface area (TPSA) is 21.3 Å². The molecule has 5 unspecified atom stereocenters. The van der Waals surface area contributed by atoms with Gasteiger partial charge < -0.3 is 10.1 Å². The fourth-order valence-corrected chi connectivity index (χ4v) is 3.15. The first-order valence-electron chi connectivity index (χ1n) is 6.62. The first kappa shape index (κ1) is 13.5. The third-order valence-electron chi connectivity index (χ3n) is 4.22. The molecule has 18 heavy (non-hydrogen) atoms. The average Bonchev–Trinajstić information content (AvgIpc) is 2.57. The third-order valence-corrected chi connectivity index (χ3v) is 4.22. The van der Waals surface area contributed by atoms with E-state index in [9.17, 15) is 4.39 Å². The Morgan fingerprint density at radius 3 is 2.44 bits per heavy atom. The van der Waals surface area contributed by atoms with E-state index in [0.29, 0.717) is 11.8 Å². The lowest BCUT2D eigenvalue weighted by Crippen LogP contribution is -2.33. The van der Waals surface area contributed by atoms with Crippen LogP contribution in [0.2, 0.25) is 0 Å². The number of ether oxygens (including phenoxy) is 1. The molecule has 0 aliphatic carbocycles. The molecule has 100 valence electrons. The summed E-state index contributed by atoms with van der Waals surface area (Å²) in [6, 6.07) is 6.98. The molecule has 1 aliphatic heterocycles.